The van der Waals surface area contributed by atoms with E-state index in [-0.39, 0.29) is 36.9 Å². The lowest BCUT2D eigenvalue weighted by molar-refractivity contribution is -0.131. The van der Waals surface area contributed by atoms with E-state index < -0.39 is 48.0 Å². The van der Waals surface area contributed by atoms with Crippen molar-refractivity contribution >= 4 is 23.5 Å². The SMILES string of the molecule is CC(C)C[C@H](NC(=O)C[C@H](O)[C@H](CC(C)C)NC(=O)[C@H](Cc1c[nH]cn1)NC(=O)[C@@H](N)Cc1ccccc1)C(=O)[C](Cc1ccccc1)c1ccccc1. The van der Waals surface area contributed by atoms with Gasteiger partial charge in [-0.1, -0.05) is 119 Å². The zero-order chi connectivity index (χ0) is 39.0. The number of hydrogen-bond acceptors (Lipinski definition) is 7. The first kappa shape index (κ1) is 41.6. The number of benzene rings is 3. The van der Waals surface area contributed by atoms with Gasteiger partial charge in [0.05, 0.1) is 48.6 Å². The summed E-state index contributed by atoms with van der Waals surface area (Å²) in [4.78, 5) is 62.1. The summed E-state index contributed by atoms with van der Waals surface area (Å²) in [6.45, 7) is 7.87. The van der Waals surface area contributed by atoms with E-state index in [4.69, 9.17) is 5.73 Å². The highest BCUT2D eigenvalue weighted by atomic mass is 16.3. The summed E-state index contributed by atoms with van der Waals surface area (Å²) in [5.41, 5.74) is 9.44. The smallest absolute Gasteiger partial charge is 0.243 e. The van der Waals surface area contributed by atoms with E-state index in [1.54, 1.807) is 6.20 Å². The van der Waals surface area contributed by atoms with Crippen molar-refractivity contribution in [2.75, 3.05) is 0 Å². The van der Waals surface area contributed by atoms with E-state index in [0.29, 0.717) is 30.9 Å². The standard InChI is InChI=1S/C43H55N6O5/c1-28(2)20-36(48-43(54)38(24-33-26-45-27-46-33)49-42(53)35(44)23-31-16-10-6-11-17-31)39(50)25-40(51)47-37(21-29(3)4)41(52)34(32-18-12-7-13-19-32)22-30-14-8-5-9-15-30/h5-19,26-29,35-39,50H,20-25,44H2,1-4H3,(H,45,46)(H,47,51)(H,48,54)(H,49,53)/t35-,36-,37-,38-,39-/m0/s1. The molecule has 1 radical (unpaired) electrons. The van der Waals surface area contributed by atoms with Gasteiger partial charge >= 0.3 is 0 Å². The van der Waals surface area contributed by atoms with Crippen LogP contribution in [0.1, 0.15) is 69.3 Å². The summed E-state index contributed by atoms with van der Waals surface area (Å²) in [5, 5.41) is 20.1. The number of aliphatic hydroxyl groups is 1. The first-order valence-corrected chi connectivity index (χ1v) is 18.7. The lowest BCUT2D eigenvalue weighted by Gasteiger charge is -2.29. The third-order valence-electron chi connectivity index (χ3n) is 9.15. The van der Waals surface area contributed by atoms with Gasteiger partial charge in [-0.25, -0.2) is 4.98 Å². The minimum absolute atomic E-state index is 0.0444. The van der Waals surface area contributed by atoms with E-state index in [2.05, 4.69) is 25.9 Å². The number of nitrogens with one attached hydrogen (secondary N) is 4. The van der Waals surface area contributed by atoms with Crippen LogP contribution in [0.25, 0.3) is 0 Å². The molecule has 0 unspecified atom stereocenters. The Balaban J connectivity index is 1.47. The Morgan fingerprint density at radius 1 is 0.722 bits per heavy atom. The highest BCUT2D eigenvalue weighted by Crippen LogP contribution is 2.25. The number of carbonyl (C=O) groups is 4. The molecule has 1 heterocycles. The molecule has 287 valence electrons. The lowest BCUT2D eigenvalue weighted by atomic mass is 9.83. The molecule has 4 aromatic rings. The zero-order valence-corrected chi connectivity index (χ0v) is 31.7. The van der Waals surface area contributed by atoms with E-state index in [1.165, 1.54) is 6.33 Å². The number of nitrogens with zero attached hydrogens (tertiary/aromatic N) is 1. The fourth-order valence-corrected chi connectivity index (χ4v) is 6.43. The van der Waals surface area contributed by atoms with Crippen LogP contribution in [-0.2, 0) is 38.4 Å². The van der Waals surface area contributed by atoms with Crippen LogP contribution in [0, 0.1) is 17.8 Å². The average Bonchev–Trinajstić information content (AvgIpc) is 3.66. The fraction of sp³-hybridized carbons (Fsp3) is 0.395. The Morgan fingerprint density at radius 2 is 1.31 bits per heavy atom. The minimum Gasteiger partial charge on any atom is -0.390 e. The van der Waals surface area contributed by atoms with E-state index in [0.717, 1.165) is 16.7 Å². The fourth-order valence-electron chi connectivity index (χ4n) is 6.43. The van der Waals surface area contributed by atoms with Gasteiger partial charge in [-0.05, 0) is 54.2 Å². The second-order valence-corrected chi connectivity index (χ2v) is 14.8. The Labute approximate surface area is 318 Å². The highest BCUT2D eigenvalue weighted by Gasteiger charge is 2.34. The first-order valence-electron chi connectivity index (χ1n) is 18.7. The molecule has 11 heteroatoms. The van der Waals surface area contributed by atoms with Gasteiger partial charge in [-0.3, -0.25) is 19.2 Å². The summed E-state index contributed by atoms with van der Waals surface area (Å²) in [5.74, 6) is -1.02. The Hall–Kier alpha value is -5.13. The van der Waals surface area contributed by atoms with Crippen LogP contribution >= 0.6 is 0 Å². The van der Waals surface area contributed by atoms with Crippen LogP contribution < -0.4 is 21.7 Å². The quantitative estimate of drug-likeness (QED) is 0.0741. The molecule has 0 fully saturated rings. The molecule has 0 saturated carbocycles. The van der Waals surface area contributed by atoms with Gasteiger partial charge in [-0.15, -0.1) is 0 Å². The van der Waals surface area contributed by atoms with Gasteiger partial charge < -0.3 is 31.8 Å². The molecule has 4 rings (SSSR count). The molecule has 0 aliphatic carbocycles. The number of ketones is 1. The third kappa shape index (κ3) is 13.4. The van der Waals surface area contributed by atoms with Crippen molar-refractivity contribution in [3.63, 3.8) is 0 Å². The van der Waals surface area contributed by atoms with Crippen LogP contribution in [0.3, 0.4) is 0 Å². The van der Waals surface area contributed by atoms with Gasteiger partial charge in [0.25, 0.3) is 0 Å². The molecule has 7 N–H and O–H groups in total. The molecule has 0 bridgehead atoms. The van der Waals surface area contributed by atoms with Gasteiger partial charge in [0.1, 0.15) is 6.04 Å². The van der Waals surface area contributed by atoms with Crippen molar-refractivity contribution in [2.24, 2.45) is 17.6 Å². The number of H-pyrrole nitrogens is 1. The molecule has 1 aromatic heterocycles. The molecule has 3 aromatic carbocycles. The van der Waals surface area contributed by atoms with Gasteiger partial charge in [0.2, 0.25) is 17.7 Å². The van der Waals surface area contributed by atoms with Crippen molar-refractivity contribution in [3.8, 4) is 0 Å². The van der Waals surface area contributed by atoms with Gasteiger partial charge in [0, 0.05) is 12.6 Å². The number of aromatic amines is 1. The van der Waals surface area contributed by atoms with Crippen molar-refractivity contribution < 1.29 is 24.3 Å². The van der Waals surface area contributed by atoms with Crippen molar-refractivity contribution in [3.05, 3.63) is 132 Å². The van der Waals surface area contributed by atoms with E-state index in [1.807, 2.05) is 119 Å². The predicted octanol–water partition coefficient (Wildman–Crippen LogP) is 4.25. The second kappa shape index (κ2) is 20.9. The third-order valence-corrected chi connectivity index (χ3v) is 9.15. The summed E-state index contributed by atoms with van der Waals surface area (Å²) >= 11 is 0. The molecule has 0 aliphatic rings. The molecule has 11 nitrogen and oxygen atoms in total. The Bertz CT molecular complexity index is 1730. The summed E-state index contributed by atoms with van der Waals surface area (Å²) in [6, 6.07) is 24.9. The van der Waals surface area contributed by atoms with Crippen LogP contribution in [0.2, 0.25) is 0 Å². The molecular weight excluding hydrogens is 681 g/mol. The Kier molecular flexibility index (Phi) is 16.1. The summed E-state index contributed by atoms with van der Waals surface area (Å²) < 4.78 is 0. The molecule has 0 spiro atoms. The first-order chi connectivity index (χ1) is 25.9. The number of aromatic nitrogens is 2. The largest absolute Gasteiger partial charge is 0.390 e. The average molecular weight is 736 g/mol. The number of Topliss-reactive ketones (excluding diaryl/α,β-unsaturated/α-hetero) is 1. The molecular formula is C43H55N6O5. The van der Waals surface area contributed by atoms with Crippen molar-refractivity contribution in [1.82, 2.24) is 25.9 Å². The molecule has 0 saturated heterocycles. The predicted molar refractivity (Wildman–Crippen MR) is 210 cm³/mol. The van der Waals surface area contributed by atoms with Crippen molar-refractivity contribution in [2.45, 2.75) is 96.5 Å². The summed E-state index contributed by atoms with van der Waals surface area (Å²) in [6.07, 6.45) is 3.00. The van der Waals surface area contributed by atoms with Crippen molar-refractivity contribution in [1.29, 1.82) is 0 Å². The molecule has 5 atom stereocenters. The monoisotopic (exact) mass is 735 g/mol. The minimum atomic E-state index is -1.28. The molecule has 54 heavy (non-hydrogen) atoms. The number of carbonyl (C=O) groups excluding carboxylic acids is 4. The normalized spacial score (nSPS) is 14.2. The number of aliphatic hydroxyl groups excluding tert-OH is 1. The lowest BCUT2D eigenvalue weighted by Crippen LogP contribution is -2.56. The van der Waals surface area contributed by atoms with Crippen LogP contribution in [0.4, 0.5) is 0 Å². The van der Waals surface area contributed by atoms with Gasteiger partial charge in [-0.2, -0.15) is 0 Å². The number of amides is 3. The van der Waals surface area contributed by atoms with E-state index in [9.17, 15) is 24.3 Å². The maximum Gasteiger partial charge on any atom is 0.243 e. The summed E-state index contributed by atoms with van der Waals surface area (Å²) in [7, 11) is 0. The number of nitrogens with two attached hydrogens (primary N) is 1. The number of rotatable bonds is 21. The molecule has 3 amide bonds. The maximum absolute atomic E-state index is 14.3. The molecule has 0 aliphatic heterocycles. The van der Waals surface area contributed by atoms with Crippen LogP contribution in [0.5, 0.6) is 0 Å². The number of imidazole rings is 1. The Morgan fingerprint density at radius 3 is 1.89 bits per heavy atom. The van der Waals surface area contributed by atoms with Crippen LogP contribution in [0.15, 0.2) is 104 Å². The van der Waals surface area contributed by atoms with Crippen LogP contribution in [-0.4, -0.2) is 68.9 Å². The zero-order valence-electron chi connectivity index (χ0n) is 31.7. The highest BCUT2D eigenvalue weighted by molar-refractivity contribution is 6.02. The second-order valence-electron chi connectivity index (χ2n) is 14.8. The topological polar surface area (TPSA) is 179 Å². The maximum atomic E-state index is 14.3. The van der Waals surface area contributed by atoms with E-state index >= 15 is 0 Å². The van der Waals surface area contributed by atoms with Gasteiger partial charge in [0.15, 0.2) is 5.78 Å². The number of hydrogen-bond donors (Lipinski definition) is 6.